The number of nitrogens with zero attached hydrogens (tertiary/aromatic N) is 3. The molecule has 2 aromatic heterocycles. The first-order valence-electron chi connectivity index (χ1n) is 7.48. The smallest absolute Gasteiger partial charge is 0.411 e. The number of benzene rings is 1. The lowest BCUT2D eigenvalue weighted by atomic mass is 10.2. The van der Waals surface area contributed by atoms with E-state index in [2.05, 4.69) is 20.5 Å². The van der Waals surface area contributed by atoms with Gasteiger partial charge in [0.1, 0.15) is 0 Å². The van der Waals surface area contributed by atoms with Crippen molar-refractivity contribution < 1.29 is 22.4 Å². The number of halogens is 5. The standard InChI is InChI=1S/C16H9Cl2F3N4O2S/c17-10-4-2-1-3-9(10)14-24-25-15(27-14)28-7-12(26)23-13-11(18)5-8(6-22-13)16(19,20)21/h1-6H,7H2,(H,22,23,26). The van der Waals surface area contributed by atoms with Gasteiger partial charge >= 0.3 is 6.18 Å². The SMILES string of the molecule is O=C(CSc1nnc(-c2ccccc2Cl)o1)Nc1ncc(C(F)(F)F)cc1Cl. The fourth-order valence-electron chi connectivity index (χ4n) is 1.99. The summed E-state index contributed by atoms with van der Waals surface area (Å²) in [6, 6.07) is 7.57. The van der Waals surface area contributed by atoms with Crippen LogP contribution in [0.1, 0.15) is 5.56 Å². The van der Waals surface area contributed by atoms with Gasteiger partial charge in [-0.1, -0.05) is 47.1 Å². The normalized spacial score (nSPS) is 11.5. The molecule has 28 heavy (non-hydrogen) atoms. The van der Waals surface area contributed by atoms with Crippen LogP contribution in [0.4, 0.5) is 19.0 Å². The van der Waals surface area contributed by atoms with Crippen molar-refractivity contribution in [1.29, 1.82) is 0 Å². The minimum Gasteiger partial charge on any atom is -0.411 e. The topological polar surface area (TPSA) is 80.9 Å². The summed E-state index contributed by atoms with van der Waals surface area (Å²) in [5, 5.41) is 10.2. The first-order chi connectivity index (χ1) is 13.2. The van der Waals surface area contributed by atoms with Crippen LogP contribution in [0.5, 0.6) is 0 Å². The predicted octanol–water partition coefficient (Wildman–Crippen LogP) is 5.19. The van der Waals surface area contributed by atoms with Crippen LogP contribution in [0, 0.1) is 0 Å². The zero-order valence-corrected chi connectivity index (χ0v) is 16.0. The number of rotatable bonds is 5. The molecule has 6 nitrogen and oxygen atoms in total. The van der Waals surface area contributed by atoms with Gasteiger partial charge in [-0.3, -0.25) is 4.79 Å². The number of carbonyl (C=O) groups excluding carboxylic acids is 1. The number of thioether (sulfide) groups is 1. The van der Waals surface area contributed by atoms with Crippen LogP contribution in [0.15, 0.2) is 46.2 Å². The molecule has 0 saturated carbocycles. The van der Waals surface area contributed by atoms with Gasteiger partial charge in [-0.05, 0) is 18.2 Å². The lowest BCUT2D eigenvalue weighted by Crippen LogP contribution is -2.16. The predicted molar refractivity (Wildman–Crippen MR) is 98.3 cm³/mol. The third kappa shape index (κ3) is 4.94. The van der Waals surface area contributed by atoms with Crippen molar-refractivity contribution in [1.82, 2.24) is 15.2 Å². The monoisotopic (exact) mass is 448 g/mol. The molecule has 2 heterocycles. The van der Waals surface area contributed by atoms with Crippen molar-refractivity contribution in [3.05, 3.63) is 52.1 Å². The van der Waals surface area contributed by atoms with Gasteiger partial charge in [0.2, 0.25) is 11.8 Å². The van der Waals surface area contributed by atoms with Crippen molar-refractivity contribution in [2.45, 2.75) is 11.4 Å². The third-order valence-electron chi connectivity index (χ3n) is 3.26. The Balaban J connectivity index is 1.60. The average Bonchev–Trinajstić information content (AvgIpc) is 3.10. The number of alkyl halides is 3. The molecule has 0 radical (unpaired) electrons. The van der Waals surface area contributed by atoms with E-state index >= 15 is 0 Å². The van der Waals surface area contributed by atoms with Crippen LogP contribution in [0.3, 0.4) is 0 Å². The summed E-state index contributed by atoms with van der Waals surface area (Å²) in [4.78, 5) is 15.5. The Morgan fingerprint density at radius 3 is 2.61 bits per heavy atom. The van der Waals surface area contributed by atoms with Gasteiger partial charge in [0.05, 0.1) is 26.9 Å². The van der Waals surface area contributed by atoms with Crippen molar-refractivity contribution in [2.75, 3.05) is 11.1 Å². The Morgan fingerprint density at radius 1 is 1.18 bits per heavy atom. The molecule has 146 valence electrons. The van der Waals surface area contributed by atoms with Crippen LogP contribution < -0.4 is 5.32 Å². The van der Waals surface area contributed by atoms with Crippen molar-refractivity contribution >= 4 is 46.7 Å². The second kappa shape index (κ2) is 8.38. The molecule has 1 aromatic carbocycles. The number of pyridine rings is 1. The second-order valence-corrected chi connectivity index (χ2v) is 6.98. The van der Waals surface area contributed by atoms with E-state index in [-0.39, 0.29) is 27.7 Å². The Morgan fingerprint density at radius 2 is 1.93 bits per heavy atom. The fraction of sp³-hybridized carbons (Fsp3) is 0.125. The number of anilines is 1. The first kappa shape index (κ1) is 20.4. The highest BCUT2D eigenvalue weighted by atomic mass is 35.5. The number of nitrogens with one attached hydrogen (secondary N) is 1. The van der Waals surface area contributed by atoms with E-state index in [1.165, 1.54) is 0 Å². The molecule has 0 aliphatic heterocycles. The van der Waals surface area contributed by atoms with E-state index in [0.29, 0.717) is 22.8 Å². The van der Waals surface area contributed by atoms with Crippen LogP contribution in [-0.4, -0.2) is 26.8 Å². The van der Waals surface area contributed by atoms with E-state index in [1.807, 2.05) is 0 Å². The Labute approximate surface area is 170 Å². The van der Waals surface area contributed by atoms with E-state index in [9.17, 15) is 18.0 Å². The molecule has 0 spiro atoms. The molecule has 12 heteroatoms. The molecule has 1 amide bonds. The Bertz CT molecular complexity index is 1010. The molecule has 0 aliphatic carbocycles. The number of hydrogen-bond acceptors (Lipinski definition) is 6. The average molecular weight is 449 g/mol. The summed E-state index contributed by atoms with van der Waals surface area (Å²) in [6.45, 7) is 0. The lowest BCUT2D eigenvalue weighted by molar-refractivity contribution is -0.137. The lowest BCUT2D eigenvalue weighted by Gasteiger charge is -2.09. The summed E-state index contributed by atoms with van der Waals surface area (Å²) in [7, 11) is 0. The van der Waals surface area contributed by atoms with Gasteiger partial charge in [-0.15, -0.1) is 10.2 Å². The number of amides is 1. The molecule has 3 rings (SSSR count). The highest BCUT2D eigenvalue weighted by molar-refractivity contribution is 7.99. The van der Waals surface area contributed by atoms with Crippen molar-refractivity contribution in [3.8, 4) is 11.5 Å². The molecule has 1 N–H and O–H groups in total. The summed E-state index contributed by atoms with van der Waals surface area (Å²) in [5.74, 6) is -0.691. The minimum atomic E-state index is -4.58. The van der Waals surface area contributed by atoms with Crippen molar-refractivity contribution in [3.63, 3.8) is 0 Å². The molecule has 0 unspecified atom stereocenters. The largest absolute Gasteiger partial charge is 0.417 e. The number of carbonyl (C=O) groups is 1. The third-order valence-corrected chi connectivity index (χ3v) is 4.70. The van der Waals surface area contributed by atoms with Crippen LogP contribution in [-0.2, 0) is 11.0 Å². The maximum absolute atomic E-state index is 12.6. The highest BCUT2D eigenvalue weighted by Crippen LogP contribution is 2.32. The van der Waals surface area contributed by atoms with Gasteiger partial charge < -0.3 is 9.73 Å². The first-order valence-corrected chi connectivity index (χ1v) is 9.22. The van der Waals surface area contributed by atoms with Gasteiger partial charge in [-0.2, -0.15) is 13.2 Å². The minimum absolute atomic E-state index is 0.122. The van der Waals surface area contributed by atoms with E-state index in [1.54, 1.807) is 24.3 Å². The van der Waals surface area contributed by atoms with Gasteiger partial charge in [0.25, 0.3) is 5.22 Å². The molecular weight excluding hydrogens is 440 g/mol. The Hall–Kier alpha value is -2.30. The highest BCUT2D eigenvalue weighted by Gasteiger charge is 2.31. The molecule has 0 fully saturated rings. The van der Waals surface area contributed by atoms with Crippen LogP contribution in [0.2, 0.25) is 10.0 Å². The quantitative estimate of drug-likeness (QED) is 0.541. The molecule has 3 aromatic rings. The zero-order valence-electron chi connectivity index (χ0n) is 13.6. The summed E-state index contributed by atoms with van der Waals surface area (Å²) in [6.07, 6.45) is -3.99. The van der Waals surface area contributed by atoms with Gasteiger partial charge in [0.15, 0.2) is 5.82 Å². The number of aromatic nitrogens is 3. The molecule has 0 aliphatic rings. The van der Waals surface area contributed by atoms with Gasteiger partial charge in [-0.25, -0.2) is 4.98 Å². The second-order valence-electron chi connectivity index (χ2n) is 5.24. The molecule has 0 saturated heterocycles. The maximum Gasteiger partial charge on any atom is 0.417 e. The van der Waals surface area contributed by atoms with Gasteiger partial charge in [0, 0.05) is 6.20 Å². The molecule has 0 bridgehead atoms. The molecular formula is C16H9Cl2F3N4O2S. The van der Waals surface area contributed by atoms with Crippen molar-refractivity contribution in [2.24, 2.45) is 0 Å². The summed E-state index contributed by atoms with van der Waals surface area (Å²) in [5.41, 5.74) is -0.462. The van der Waals surface area contributed by atoms with Crippen LogP contribution >= 0.6 is 35.0 Å². The van der Waals surface area contributed by atoms with E-state index in [0.717, 1.165) is 11.8 Å². The number of hydrogen-bond donors (Lipinski definition) is 1. The summed E-state index contributed by atoms with van der Waals surface area (Å²) < 4.78 is 43.2. The zero-order chi connectivity index (χ0) is 20.3. The van der Waals surface area contributed by atoms with Crippen LogP contribution in [0.25, 0.3) is 11.5 Å². The fourth-order valence-corrected chi connectivity index (χ4v) is 2.99. The molecule has 0 atom stereocenters. The van der Waals surface area contributed by atoms with E-state index < -0.39 is 17.6 Å². The maximum atomic E-state index is 12.6. The van der Waals surface area contributed by atoms with E-state index in [4.69, 9.17) is 27.6 Å². The summed E-state index contributed by atoms with van der Waals surface area (Å²) >= 11 is 12.7. The Kier molecular flexibility index (Phi) is 6.11.